The summed E-state index contributed by atoms with van der Waals surface area (Å²) in [7, 11) is 0. The van der Waals surface area contributed by atoms with Gasteiger partial charge < -0.3 is 14.6 Å². The highest BCUT2D eigenvalue weighted by Crippen LogP contribution is 2.45. The number of benzene rings is 1. The summed E-state index contributed by atoms with van der Waals surface area (Å²) in [4.78, 5) is 0. The molecule has 3 nitrogen and oxygen atoms in total. The molecular weight excluding hydrogens is 260 g/mol. The third-order valence-electron chi connectivity index (χ3n) is 2.54. The predicted octanol–water partition coefficient (Wildman–Crippen LogP) is 2.79. The first kappa shape index (κ1) is 10.8. The van der Waals surface area contributed by atoms with Gasteiger partial charge in [-0.05, 0) is 40.9 Å². The molecule has 4 heteroatoms. The SMILES string of the molecule is CCc1c(C(C)O)cc(Br)c2c1OCO2. The maximum Gasteiger partial charge on any atom is 0.231 e. The van der Waals surface area contributed by atoms with E-state index in [2.05, 4.69) is 15.9 Å². The number of aliphatic hydroxyl groups excluding tert-OH is 1. The molecule has 0 saturated carbocycles. The number of aliphatic hydroxyl groups is 1. The Morgan fingerprint density at radius 3 is 2.73 bits per heavy atom. The second kappa shape index (κ2) is 4.02. The Bertz CT molecular complexity index is 388. The molecule has 1 heterocycles. The standard InChI is InChI=1S/C11H13BrO3/c1-3-7-8(6(2)13)4-9(12)11-10(7)14-5-15-11/h4,6,13H,3,5H2,1-2H3. The molecule has 0 aliphatic carbocycles. The van der Waals surface area contributed by atoms with Crippen LogP contribution in [0.25, 0.3) is 0 Å². The fourth-order valence-electron chi connectivity index (χ4n) is 1.84. The lowest BCUT2D eigenvalue weighted by Gasteiger charge is -2.14. The predicted molar refractivity (Wildman–Crippen MR) is 60.3 cm³/mol. The minimum Gasteiger partial charge on any atom is -0.453 e. The van der Waals surface area contributed by atoms with Gasteiger partial charge in [-0.25, -0.2) is 0 Å². The van der Waals surface area contributed by atoms with Crippen LogP contribution in [-0.4, -0.2) is 11.9 Å². The lowest BCUT2D eigenvalue weighted by atomic mass is 10.00. The van der Waals surface area contributed by atoms with Gasteiger partial charge in [0, 0.05) is 5.56 Å². The number of fused-ring (bicyclic) bond motifs is 1. The third kappa shape index (κ3) is 1.72. The summed E-state index contributed by atoms with van der Waals surface area (Å²) in [6, 6.07) is 1.90. The summed E-state index contributed by atoms with van der Waals surface area (Å²) in [5.41, 5.74) is 1.93. The summed E-state index contributed by atoms with van der Waals surface area (Å²) in [5, 5.41) is 9.67. The minimum absolute atomic E-state index is 0.254. The summed E-state index contributed by atoms with van der Waals surface area (Å²) >= 11 is 3.41. The quantitative estimate of drug-likeness (QED) is 0.900. The average molecular weight is 273 g/mol. The zero-order chi connectivity index (χ0) is 11.0. The first-order valence-electron chi connectivity index (χ1n) is 4.94. The van der Waals surface area contributed by atoms with E-state index in [0.29, 0.717) is 0 Å². The monoisotopic (exact) mass is 272 g/mol. The van der Waals surface area contributed by atoms with Gasteiger partial charge in [-0.2, -0.15) is 0 Å². The van der Waals surface area contributed by atoms with E-state index in [1.54, 1.807) is 6.92 Å². The van der Waals surface area contributed by atoms with Gasteiger partial charge >= 0.3 is 0 Å². The van der Waals surface area contributed by atoms with Crippen molar-refractivity contribution in [2.45, 2.75) is 26.4 Å². The van der Waals surface area contributed by atoms with Gasteiger partial charge in [-0.1, -0.05) is 6.92 Å². The van der Waals surface area contributed by atoms with Crippen LogP contribution in [0, 0.1) is 0 Å². The van der Waals surface area contributed by atoms with E-state index in [4.69, 9.17) is 9.47 Å². The molecule has 0 bridgehead atoms. The van der Waals surface area contributed by atoms with Crippen LogP contribution in [0.4, 0.5) is 0 Å². The molecule has 1 aliphatic heterocycles. The van der Waals surface area contributed by atoms with E-state index >= 15 is 0 Å². The molecule has 82 valence electrons. The fourth-order valence-corrected chi connectivity index (χ4v) is 2.38. The molecule has 0 saturated heterocycles. The van der Waals surface area contributed by atoms with Crippen LogP contribution in [-0.2, 0) is 6.42 Å². The molecular formula is C11H13BrO3. The number of halogens is 1. The lowest BCUT2D eigenvalue weighted by molar-refractivity contribution is 0.172. The van der Waals surface area contributed by atoms with E-state index < -0.39 is 6.10 Å². The highest BCUT2D eigenvalue weighted by atomic mass is 79.9. The Kier molecular flexibility index (Phi) is 2.89. The second-order valence-corrected chi connectivity index (χ2v) is 4.37. The molecule has 0 radical (unpaired) electrons. The van der Waals surface area contributed by atoms with Gasteiger partial charge in [0.25, 0.3) is 0 Å². The maximum absolute atomic E-state index is 9.67. The van der Waals surface area contributed by atoms with Gasteiger partial charge in [0.2, 0.25) is 6.79 Å². The van der Waals surface area contributed by atoms with Crippen LogP contribution in [0.3, 0.4) is 0 Å². The topological polar surface area (TPSA) is 38.7 Å². The molecule has 2 rings (SSSR count). The highest BCUT2D eigenvalue weighted by molar-refractivity contribution is 9.10. The Balaban J connectivity index is 2.63. The third-order valence-corrected chi connectivity index (χ3v) is 3.13. The van der Waals surface area contributed by atoms with Crippen molar-refractivity contribution in [1.82, 2.24) is 0 Å². The Hall–Kier alpha value is -0.740. The molecule has 1 aromatic carbocycles. The van der Waals surface area contributed by atoms with Crippen molar-refractivity contribution in [3.05, 3.63) is 21.7 Å². The molecule has 1 atom stereocenters. The molecule has 0 fully saturated rings. The Morgan fingerprint density at radius 2 is 2.13 bits per heavy atom. The second-order valence-electron chi connectivity index (χ2n) is 3.52. The summed E-state index contributed by atoms with van der Waals surface area (Å²) in [6.07, 6.45) is 0.324. The Morgan fingerprint density at radius 1 is 1.47 bits per heavy atom. The van der Waals surface area contributed by atoms with E-state index in [1.165, 1.54) is 0 Å². The van der Waals surface area contributed by atoms with Gasteiger partial charge in [-0.3, -0.25) is 0 Å². The molecule has 0 aromatic heterocycles. The fraction of sp³-hybridized carbons (Fsp3) is 0.455. The van der Waals surface area contributed by atoms with E-state index in [9.17, 15) is 5.11 Å². The summed E-state index contributed by atoms with van der Waals surface area (Å²) < 4.78 is 11.6. The van der Waals surface area contributed by atoms with Crippen LogP contribution in [0.15, 0.2) is 10.5 Å². The molecule has 1 unspecified atom stereocenters. The average Bonchev–Trinajstić information content (AvgIpc) is 2.66. The zero-order valence-corrected chi connectivity index (χ0v) is 10.3. The van der Waals surface area contributed by atoms with E-state index in [-0.39, 0.29) is 6.79 Å². The van der Waals surface area contributed by atoms with Gasteiger partial charge in [0.15, 0.2) is 11.5 Å². The van der Waals surface area contributed by atoms with Crippen LogP contribution < -0.4 is 9.47 Å². The van der Waals surface area contributed by atoms with Crippen LogP contribution in [0.2, 0.25) is 0 Å². The van der Waals surface area contributed by atoms with Crippen molar-refractivity contribution in [3.63, 3.8) is 0 Å². The first-order valence-corrected chi connectivity index (χ1v) is 5.73. The molecule has 1 aliphatic rings. The molecule has 15 heavy (non-hydrogen) atoms. The minimum atomic E-state index is -0.495. The Labute approximate surface area is 97.1 Å². The molecule has 1 aromatic rings. The van der Waals surface area contributed by atoms with Gasteiger partial charge in [-0.15, -0.1) is 0 Å². The van der Waals surface area contributed by atoms with E-state index in [1.807, 2.05) is 13.0 Å². The van der Waals surface area contributed by atoms with Crippen LogP contribution in [0.1, 0.15) is 31.1 Å². The van der Waals surface area contributed by atoms with Crippen molar-refractivity contribution < 1.29 is 14.6 Å². The van der Waals surface area contributed by atoms with Crippen LogP contribution >= 0.6 is 15.9 Å². The van der Waals surface area contributed by atoms with Crippen molar-refractivity contribution in [3.8, 4) is 11.5 Å². The van der Waals surface area contributed by atoms with Crippen molar-refractivity contribution >= 4 is 15.9 Å². The number of ether oxygens (including phenoxy) is 2. The summed E-state index contributed by atoms with van der Waals surface area (Å²) in [5.74, 6) is 1.51. The highest BCUT2D eigenvalue weighted by Gasteiger charge is 2.24. The van der Waals surface area contributed by atoms with Gasteiger partial charge in [0.05, 0.1) is 10.6 Å². The zero-order valence-electron chi connectivity index (χ0n) is 8.71. The van der Waals surface area contributed by atoms with Crippen LogP contribution in [0.5, 0.6) is 11.5 Å². The number of rotatable bonds is 2. The molecule has 1 N–H and O–H groups in total. The van der Waals surface area contributed by atoms with Crippen molar-refractivity contribution in [1.29, 1.82) is 0 Å². The maximum atomic E-state index is 9.67. The number of hydrogen-bond acceptors (Lipinski definition) is 3. The lowest BCUT2D eigenvalue weighted by Crippen LogP contribution is -2.00. The first-order chi connectivity index (χ1) is 7.15. The van der Waals surface area contributed by atoms with Gasteiger partial charge in [0.1, 0.15) is 0 Å². The summed E-state index contributed by atoms with van der Waals surface area (Å²) in [6.45, 7) is 4.05. The normalized spacial score (nSPS) is 15.5. The smallest absolute Gasteiger partial charge is 0.231 e. The largest absolute Gasteiger partial charge is 0.453 e. The number of hydrogen-bond donors (Lipinski definition) is 1. The van der Waals surface area contributed by atoms with Crippen molar-refractivity contribution in [2.75, 3.05) is 6.79 Å². The van der Waals surface area contributed by atoms with Crippen molar-refractivity contribution in [2.24, 2.45) is 0 Å². The van der Waals surface area contributed by atoms with E-state index in [0.717, 1.165) is 33.5 Å². The molecule has 0 amide bonds. The molecule has 0 spiro atoms.